The van der Waals surface area contributed by atoms with Crippen LogP contribution in [0.4, 0.5) is 5.82 Å². The van der Waals surface area contributed by atoms with Crippen molar-refractivity contribution in [3.63, 3.8) is 0 Å². The van der Waals surface area contributed by atoms with Gasteiger partial charge in [0.15, 0.2) is 11.6 Å². The number of imide groups is 1. The molecule has 2 aromatic rings. The number of hydrogen-bond donors (Lipinski definition) is 0. The number of ketones is 1. The molecule has 0 aliphatic carbocycles. The van der Waals surface area contributed by atoms with Crippen molar-refractivity contribution in [1.29, 1.82) is 0 Å². The highest BCUT2D eigenvalue weighted by molar-refractivity contribution is 6.42. The van der Waals surface area contributed by atoms with Crippen molar-refractivity contribution >= 4 is 34.6 Å². The number of Topliss-reactive ketones (excluding diaryl/α,β-unsaturated/α-hetero) is 1. The first-order chi connectivity index (χ1) is 11.4. The van der Waals surface area contributed by atoms with E-state index in [0.29, 0.717) is 11.1 Å². The van der Waals surface area contributed by atoms with Crippen molar-refractivity contribution in [1.82, 2.24) is 4.98 Å². The first-order valence-corrected chi connectivity index (χ1v) is 7.55. The fourth-order valence-corrected chi connectivity index (χ4v) is 2.82. The summed E-state index contributed by atoms with van der Waals surface area (Å²) in [5, 5.41) is 0. The summed E-state index contributed by atoms with van der Waals surface area (Å²) in [5.74, 6) is -0.825. The van der Waals surface area contributed by atoms with E-state index in [0.717, 1.165) is 16.0 Å². The second-order valence-electron chi connectivity index (χ2n) is 5.65. The molecule has 5 nitrogen and oxygen atoms in total. The maximum Gasteiger partial charge on any atom is 0.267 e. The number of benzene rings is 1. The normalized spacial score (nSPS) is 15.3. The van der Waals surface area contributed by atoms with E-state index in [4.69, 9.17) is 0 Å². The number of pyridine rings is 1. The Labute approximate surface area is 139 Å². The van der Waals surface area contributed by atoms with Crippen molar-refractivity contribution in [3.8, 4) is 0 Å². The molecule has 0 saturated heterocycles. The van der Waals surface area contributed by atoms with Crippen LogP contribution in [-0.4, -0.2) is 22.6 Å². The van der Waals surface area contributed by atoms with Gasteiger partial charge in [0.2, 0.25) is 5.91 Å². The zero-order chi connectivity index (χ0) is 17.4. The molecule has 0 unspecified atom stereocenters. The van der Waals surface area contributed by atoms with Gasteiger partial charge in [0, 0.05) is 19.4 Å². The summed E-state index contributed by atoms with van der Waals surface area (Å²) in [6, 6.07) is 12.7. The Hall–Kier alpha value is -3.08. The van der Waals surface area contributed by atoms with E-state index in [9.17, 15) is 14.4 Å². The Kier molecular flexibility index (Phi) is 3.85. The number of hydrogen-bond acceptors (Lipinski definition) is 4. The molecule has 0 atom stereocenters. The summed E-state index contributed by atoms with van der Waals surface area (Å²) in [7, 11) is 0. The van der Waals surface area contributed by atoms with Gasteiger partial charge >= 0.3 is 0 Å². The molecule has 1 aromatic heterocycles. The van der Waals surface area contributed by atoms with Gasteiger partial charge in [0.25, 0.3) is 5.91 Å². The lowest BCUT2D eigenvalue weighted by Crippen LogP contribution is -2.32. The van der Waals surface area contributed by atoms with Crippen LogP contribution in [0.1, 0.15) is 42.4 Å². The van der Waals surface area contributed by atoms with Crippen molar-refractivity contribution in [2.75, 3.05) is 4.90 Å². The average molecular weight is 320 g/mol. The molecule has 0 spiro atoms. The Morgan fingerprint density at radius 3 is 2.21 bits per heavy atom. The molecule has 0 N–H and O–H groups in total. The number of carbonyl (C=O) groups excluding carboxylic acids is 3. The molecule has 1 aliphatic heterocycles. The number of fused-ring (bicyclic) bond motifs is 1. The molecule has 2 heterocycles. The van der Waals surface area contributed by atoms with Crippen LogP contribution < -0.4 is 4.90 Å². The molecule has 0 radical (unpaired) electrons. The van der Waals surface area contributed by atoms with E-state index in [1.807, 2.05) is 37.3 Å². The third kappa shape index (κ3) is 2.44. The Morgan fingerprint density at radius 2 is 1.62 bits per heavy atom. The summed E-state index contributed by atoms with van der Waals surface area (Å²) in [6.45, 7) is 4.55. The van der Waals surface area contributed by atoms with Gasteiger partial charge < -0.3 is 0 Å². The lowest BCUT2D eigenvalue weighted by molar-refractivity contribution is -0.122. The molecule has 1 aliphatic rings. The quantitative estimate of drug-likeness (QED) is 0.630. The molecule has 0 bridgehead atoms. The zero-order valence-electron chi connectivity index (χ0n) is 13.7. The number of allylic oxidation sites excluding steroid dienone is 1. The van der Waals surface area contributed by atoms with E-state index in [1.54, 1.807) is 12.1 Å². The highest BCUT2D eigenvalue weighted by Crippen LogP contribution is 2.39. The minimum Gasteiger partial charge on any atom is -0.293 e. The molecule has 3 rings (SSSR count). The van der Waals surface area contributed by atoms with Crippen LogP contribution in [-0.2, 0) is 9.59 Å². The lowest BCUT2D eigenvalue weighted by Gasteiger charge is -2.11. The maximum atomic E-state index is 12.8. The Morgan fingerprint density at radius 1 is 0.958 bits per heavy atom. The first-order valence-electron chi connectivity index (χ1n) is 7.55. The van der Waals surface area contributed by atoms with Crippen LogP contribution in [0.5, 0.6) is 0 Å². The first kappa shape index (κ1) is 15.8. The summed E-state index contributed by atoms with van der Waals surface area (Å²) < 4.78 is 0. The highest BCUT2D eigenvalue weighted by atomic mass is 16.2. The minimum absolute atomic E-state index is 0.217. The summed E-state index contributed by atoms with van der Waals surface area (Å²) in [4.78, 5) is 41.6. The predicted molar refractivity (Wildman–Crippen MR) is 91.3 cm³/mol. The van der Waals surface area contributed by atoms with Gasteiger partial charge in [-0.05, 0) is 30.2 Å². The maximum absolute atomic E-state index is 12.8. The van der Waals surface area contributed by atoms with Crippen LogP contribution in [0.25, 0.3) is 11.1 Å². The molecule has 120 valence electrons. The zero-order valence-corrected chi connectivity index (χ0v) is 13.7. The van der Waals surface area contributed by atoms with Gasteiger partial charge in [0.1, 0.15) is 5.69 Å². The number of aromatic nitrogens is 1. The fourth-order valence-electron chi connectivity index (χ4n) is 2.82. The second-order valence-corrected chi connectivity index (χ2v) is 5.65. The average Bonchev–Trinajstić information content (AvgIpc) is 2.86. The van der Waals surface area contributed by atoms with Gasteiger partial charge in [-0.2, -0.15) is 0 Å². The third-order valence-corrected chi connectivity index (χ3v) is 4.03. The fraction of sp³-hybridized carbons (Fsp3) is 0.158. The molecule has 24 heavy (non-hydrogen) atoms. The lowest BCUT2D eigenvalue weighted by atomic mass is 9.97. The molecule has 5 heteroatoms. The van der Waals surface area contributed by atoms with Crippen LogP contribution >= 0.6 is 0 Å². The van der Waals surface area contributed by atoms with Gasteiger partial charge in [-0.25, -0.2) is 9.88 Å². The summed E-state index contributed by atoms with van der Waals surface area (Å²) >= 11 is 0. The van der Waals surface area contributed by atoms with Crippen molar-refractivity contribution in [3.05, 3.63) is 59.3 Å². The molecule has 2 amide bonds. The minimum atomic E-state index is -0.426. The van der Waals surface area contributed by atoms with E-state index in [-0.39, 0.29) is 17.3 Å². The predicted octanol–water partition coefficient (Wildman–Crippen LogP) is 3.11. The van der Waals surface area contributed by atoms with E-state index in [1.165, 1.54) is 13.8 Å². The largest absolute Gasteiger partial charge is 0.293 e. The van der Waals surface area contributed by atoms with E-state index in [2.05, 4.69) is 4.98 Å². The number of nitrogens with zero attached hydrogens (tertiary/aromatic N) is 2. The van der Waals surface area contributed by atoms with Crippen molar-refractivity contribution in [2.45, 2.75) is 20.8 Å². The number of amides is 2. The van der Waals surface area contributed by atoms with E-state index < -0.39 is 11.8 Å². The van der Waals surface area contributed by atoms with Gasteiger partial charge in [0.05, 0.1) is 5.57 Å². The number of anilines is 1. The van der Waals surface area contributed by atoms with Gasteiger partial charge in [-0.1, -0.05) is 30.3 Å². The van der Waals surface area contributed by atoms with Crippen LogP contribution in [0.3, 0.4) is 0 Å². The summed E-state index contributed by atoms with van der Waals surface area (Å²) in [6.07, 6.45) is 0. The smallest absolute Gasteiger partial charge is 0.267 e. The molecule has 1 aromatic carbocycles. The van der Waals surface area contributed by atoms with E-state index >= 15 is 0 Å². The summed E-state index contributed by atoms with van der Waals surface area (Å²) in [5.41, 5.74) is 2.90. The monoisotopic (exact) mass is 320 g/mol. The topological polar surface area (TPSA) is 67.3 Å². The van der Waals surface area contributed by atoms with Gasteiger partial charge in [-0.15, -0.1) is 0 Å². The molecule has 0 fully saturated rings. The van der Waals surface area contributed by atoms with Crippen LogP contribution in [0.2, 0.25) is 0 Å². The van der Waals surface area contributed by atoms with Crippen molar-refractivity contribution in [2.24, 2.45) is 0 Å². The van der Waals surface area contributed by atoms with Gasteiger partial charge in [-0.3, -0.25) is 14.4 Å². The Balaban J connectivity index is 2.27. The molecular weight excluding hydrogens is 304 g/mol. The SMILES string of the molecule is CC(=O)c1ccc2c(n1)N(C(C)=O)C(=O)/C2=C(/C)c1ccccc1. The van der Waals surface area contributed by atoms with Crippen LogP contribution in [0.15, 0.2) is 42.5 Å². The molecular formula is C19H16N2O3. The standard InChI is InChI=1S/C19H16N2O3/c1-11(14-7-5-4-6-8-14)17-15-9-10-16(12(2)22)20-18(15)21(13(3)23)19(17)24/h4-10H,1-3H3/b17-11-. The Bertz CT molecular complexity index is 898. The second kappa shape index (κ2) is 5.85. The number of rotatable bonds is 2. The van der Waals surface area contributed by atoms with Crippen LogP contribution in [0, 0.1) is 0 Å². The molecule has 0 saturated carbocycles. The van der Waals surface area contributed by atoms with Crippen molar-refractivity contribution < 1.29 is 14.4 Å². The third-order valence-electron chi connectivity index (χ3n) is 4.03. The highest BCUT2D eigenvalue weighted by Gasteiger charge is 2.38. The number of carbonyl (C=O) groups is 3.